The molecule has 25 heavy (non-hydrogen) atoms. The zero-order valence-electron chi connectivity index (χ0n) is 14.6. The maximum absolute atomic E-state index is 12.6. The Hall–Kier alpha value is -2.41. The maximum atomic E-state index is 12.6. The van der Waals surface area contributed by atoms with Crippen LogP contribution in [0, 0.1) is 6.92 Å². The van der Waals surface area contributed by atoms with Gasteiger partial charge in [-0.15, -0.1) is 0 Å². The van der Waals surface area contributed by atoms with E-state index in [1.807, 2.05) is 19.1 Å². The standard InChI is InChI=1S/C18H23N3O3S/c1-4-17(18(22)20-13-15-9-5-6-11-19-15)21(25(3,23)24)16-10-7-8-14(2)12-16/h5-12,17H,4,13H2,1-3H3,(H,20,22)/t17-/m1/s1. The second-order valence-electron chi connectivity index (χ2n) is 5.86. The fraction of sp³-hybridized carbons (Fsp3) is 0.333. The summed E-state index contributed by atoms with van der Waals surface area (Å²) in [6.07, 6.45) is 3.12. The number of carbonyl (C=O) groups is 1. The van der Waals surface area contributed by atoms with Crippen LogP contribution in [0.2, 0.25) is 0 Å². The number of carbonyl (C=O) groups excluding carboxylic acids is 1. The summed E-state index contributed by atoms with van der Waals surface area (Å²) in [4.78, 5) is 16.8. The zero-order chi connectivity index (χ0) is 18.4. The van der Waals surface area contributed by atoms with Crippen LogP contribution < -0.4 is 9.62 Å². The van der Waals surface area contributed by atoms with Crippen LogP contribution in [0.5, 0.6) is 0 Å². The third-order valence-corrected chi connectivity index (χ3v) is 4.94. The van der Waals surface area contributed by atoms with Crippen LogP contribution in [0.25, 0.3) is 0 Å². The SMILES string of the molecule is CC[C@H](C(=O)NCc1ccccn1)N(c1cccc(C)c1)S(C)(=O)=O. The summed E-state index contributed by atoms with van der Waals surface area (Å²) in [5.41, 5.74) is 2.13. The largest absolute Gasteiger partial charge is 0.349 e. The first-order valence-corrected chi connectivity index (χ1v) is 9.91. The number of anilines is 1. The van der Waals surface area contributed by atoms with Crippen molar-refractivity contribution in [1.82, 2.24) is 10.3 Å². The van der Waals surface area contributed by atoms with Crippen LogP contribution in [0.4, 0.5) is 5.69 Å². The molecule has 1 N–H and O–H groups in total. The molecule has 0 saturated carbocycles. The quantitative estimate of drug-likeness (QED) is 0.820. The number of rotatable bonds is 7. The number of hydrogen-bond donors (Lipinski definition) is 1. The van der Waals surface area contributed by atoms with Crippen molar-refractivity contribution in [3.8, 4) is 0 Å². The number of aryl methyl sites for hydroxylation is 1. The molecule has 0 aliphatic heterocycles. The lowest BCUT2D eigenvalue weighted by Crippen LogP contribution is -2.49. The van der Waals surface area contributed by atoms with Gasteiger partial charge in [-0.1, -0.05) is 25.1 Å². The van der Waals surface area contributed by atoms with Crippen LogP contribution in [0.15, 0.2) is 48.7 Å². The first-order valence-electron chi connectivity index (χ1n) is 8.06. The summed E-state index contributed by atoms with van der Waals surface area (Å²) in [5, 5.41) is 2.78. The van der Waals surface area contributed by atoms with Gasteiger partial charge in [0.25, 0.3) is 0 Å². The van der Waals surface area contributed by atoms with E-state index < -0.39 is 16.1 Å². The van der Waals surface area contributed by atoms with E-state index in [4.69, 9.17) is 0 Å². The molecule has 0 unspecified atom stereocenters. The Labute approximate surface area is 148 Å². The topological polar surface area (TPSA) is 79.4 Å². The second kappa shape index (κ2) is 8.11. The Balaban J connectivity index is 2.25. The number of sulfonamides is 1. The van der Waals surface area contributed by atoms with Crippen molar-refractivity contribution in [3.63, 3.8) is 0 Å². The van der Waals surface area contributed by atoms with Crippen molar-refractivity contribution in [3.05, 3.63) is 59.9 Å². The van der Waals surface area contributed by atoms with Crippen molar-refractivity contribution in [2.75, 3.05) is 10.6 Å². The molecule has 0 radical (unpaired) electrons. The fourth-order valence-electron chi connectivity index (χ4n) is 2.62. The van der Waals surface area contributed by atoms with E-state index >= 15 is 0 Å². The van der Waals surface area contributed by atoms with E-state index in [-0.39, 0.29) is 12.5 Å². The predicted octanol–water partition coefficient (Wildman–Crippen LogP) is 2.25. The number of hydrogen-bond acceptors (Lipinski definition) is 4. The highest BCUT2D eigenvalue weighted by Gasteiger charge is 2.31. The van der Waals surface area contributed by atoms with Gasteiger partial charge in [0.1, 0.15) is 6.04 Å². The molecule has 0 spiro atoms. The Morgan fingerprint density at radius 1 is 1.24 bits per heavy atom. The lowest BCUT2D eigenvalue weighted by molar-refractivity contribution is -0.122. The van der Waals surface area contributed by atoms with Crippen LogP contribution in [0.3, 0.4) is 0 Å². The van der Waals surface area contributed by atoms with Crippen LogP contribution in [-0.4, -0.2) is 31.6 Å². The van der Waals surface area contributed by atoms with Gasteiger partial charge in [-0.2, -0.15) is 0 Å². The van der Waals surface area contributed by atoms with E-state index in [2.05, 4.69) is 10.3 Å². The zero-order valence-corrected chi connectivity index (χ0v) is 15.5. The Kier molecular flexibility index (Phi) is 6.14. The molecule has 7 heteroatoms. The number of nitrogens with zero attached hydrogens (tertiary/aromatic N) is 2. The number of nitrogens with one attached hydrogen (secondary N) is 1. The number of benzene rings is 1. The third-order valence-electron chi connectivity index (χ3n) is 3.76. The minimum atomic E-state index is -3.62. The first-order chi connectivity index (χ1) is 11.8. The average Bonchev–Trinajstić information content (AvgIpc) is 2.57. The fourth-order valence-corrected chi connectivity index (χ4v) is 3.83. The molecule has 0 aliphatic carbocycles. The van der Waals surface area contributed by atoms with Gasteiger partial charge < -0.3 is 5.32 Å². The molecular formula is C18H23N3O3S. The van der Waals surface area contributed by atoms with Gasteiger partial charge in [0.05, 0.1) is 24.2 Å². The van der Waals surface area contributed by atoms with Crippen molar-refractivity contribution < 1.29 is 13.2 Å². The normalized spacial score (nSPS) is 12.4. The number of pyridine rings is 1. The van der Waals surface area contributed by atoms with Gasteiger partial charge in [0.15, 0.2) is 0 Å². The molecule has 1 aromatic heterocycles. The Morgan fingerprint density at radius 3 is 2.56 bits per heavy atom. The molecule has 1 heterocycles. The maximum Gasteiger partial charge on any atom is 0.244 e. The first kappa shape index (κ1) is 18.9. The van der Waals surface area contributed by atoms with E-state index in [0.717, 1.165) is 11.8 Å². The molecule has 0 aliphatic rings. The van der Waals surface area contributed by atoms with Crippen LogP contribution in [-0.2, 0) is 21.4 Å². The van der Waals surface area contributed by atoms with Gasteiger partial charge in [0.2, 0.25) is 15.9 Å². The van der Waals surface area contributed by atoms with Crippen LogP contribution in [0.1, 0.15) is 24.6 Å². The highest BCUT2D eigenvalue weighted by Crippen LogP contribution is 2.23. The van der Waals surface area contributed by atoms with E-state index in [1.54, 1.807) is 43.5 Å². The molecule has 2 rings (SSSR count). The molecule has 1 aromatic carbocycles. The van der Waals surface area contributed by atoms with Crippen molar-refractivity contribution in [2.24, 2.45) is 0 Å². The summed E-state index contributed by atoms with van der Waals surface area (Å²) in [7, 11) is -3.62. The predicted molar refractivity (Wildman–Crippen MR) is 98.7 cm³/mol. The minimum absolute atomic E-state index is 0.252. The number of aromatic nitrogens is 1. The molecule has 134 valence electrons. The molecule has 6 nitrogen and oxygen atoms in total. The lowest BCUT2D eigenvalue weighted by Gasteiger charge is -2.30. The lowest BCUT2D eigenvalue weighted by atomic mass is 10.1. The average molecular weight is 361 g/mol. The van der Waals surface area contributed by atoms with Crippen molar-refractivity contribution in [2.45, 2.75) is 32.9 Å². The Morgan fingerprint density at radius 2 is 2.00 bits per heavy atom. The molecule has 0 bridgehead atoms. The van der Waals surface area contributed by atoms with Gasteiger partial charge in [-0.25, -0.2) is 8.42 Å². The molecule has 1 atom stereocenters. The molecular weight excluding hydrogens is 338 g/mol. The minimum Gasteiger partial charge on any atom is -0.349 e. The van der Waals surface area contributed by atoms with Crippen LogP contribution >= 0.6 is 0 Å². The van der Waals surface area contributed by atoms with Gasteiger partial charge in [-0.05, 0) is 43.2 Å². The molecule has 0 fully saturated rings. The van der Waals surface area contributed by atoms with Gasteiger partial charge in [-0.3, -0.25) is 14.1 Å². The van der Waals surface area contributed by atoms with Gasteiger partial charge in [0, 0.05) is 6.20 Å². The Bertz CT molecular complexity index is 822. The van der Waals surface area contributed by atoms with E-state index in [9.17, 15) is 13.2 Å². The summed E-state index contributed by atoms with van der Waals surface area (Å²) in [6, 6.07) is 11.7. The summed E-state index contributed by atoms with van der Waals surface area (Å²) in [6.45, 7) is 3.92. The molecule has 1 amide bonds. The smallest absolute Gasteiger partial charge is 0.244 e. The van der Waals surface area contributed by atoms with Crippen molar-refractivity contribution >= 4 is 21.6 Å². The highest BCUT2D eigenvalue weighted by molar-refractivity contribution is 7.92. The monoisotopic (exact) mass is 361 g/mol. The van der Waals surface area contributed by atoms with E-state index in [0.29, 0.717) is 17.8 Å². The van der Waals surface area contributed by atoms with Crippen molar-refractivity contribution in [1.29, 1.82) is 0 Å². The summed E-state index contributed by atoms with van der Waals surface area (Å²) in [5.74, 6) is -0.347. The van der Waals surface area contributed by atoms with E-state index in [1.165, 1.54) is 4.31 Å². The molecule has 2 aromatic rings. The summed E-state index contributed by atoms with van der Waals surface area (Å²) < 4.78 is 25.9. The third kappa shape index (κ3) is 5.03. The highest BCUT2D eigenvalue weighted by atomic mass is 32.2. The summed E-state index contributed by atoms with van der Waals surface area (Å²) >= 11 is 0. The second-order valence-corrected chi connectivity index (χ2v) is 7.72. The van der Waals surface area contributed by atoms with Gasteiger partial charge >= 0.3 is 0 Å². The molecule has 0 saturated heterocycles. The number of amides is 1.